The SMILES string of the molecule is CC1CNC(c2ccnc3ccccc23)S1. The van der Waals surface area contributed by atoms with Gasteiger partial charge in [0.05, 0.1) is 10.9 Å². The standard InChI is InChI=1S/C13H14N2S/c1-9-8-15-13(16-9)11-6-7-14-12-5-3-2-4-10(11)12/h2-7,9,13,15H,8H2,1H3. The minimum absolute atomic E-state index is 0.419. The molecule has 0 aliphatic carbocycles. The number of hydrogen-bond acceptors (Lipinski definition) is 3. The van der Waals surface area contributed by atoms with E-state index in [1.54, 1.807) is 0 Å². The van der Waals surface area contributed by atoms with E-state index < -0.39 is 0 Å². The third kappa shape index (κ3) is 1.70. The van der Waals surface area contributed by atoms with Crippen molar-refractivity contribution in [2.45, 2.75) is 17.5 Å². The van der Waals surface area contributed by atoms with Crippen molar-refractivity contribution in [3.63, 3.8) is 0 Å². The molecule has 1 fully saturated rings. The van der Waals surface area contributed by atoms with Gasteiger partial charge in [-0.15, -0.1) is 11.8 Å². The maximum absolute atomic E-state index is 4.40. The van der Waals surface area contributed by atoms with Crippen molar-refractivity contribution in [3.8, 4) is 0 Å². The van der Waals surface area contributed by atoms with E-state index in [0.29, 0.717) is 10.6 Å². The monoisotopic (exact) mass is 230 g/mol. The van der Waals surface area contributed by atoms with E-state index in [1.165, 1.54) is 10.9 Å². The van der Waals surface area contributed by atoms with Gasteiger partial charge in [-0.1, -0.05) is 25.1 Å². The molecule has 1 aliphatic heterocycles. The minimum atomic E-state index is 0.419. The first-order valence-corrected chi connectivity index (χ1v) is 6.51. The Morgan fingerprint density at radius 3 is 3.00 bits per heavy atom. The molecule has 0 spiro atoms. The summed E-state index contributed by atoms with van der Waals surface area (Å²) in [5.74, 6) is 0. The number of aromatic nitrogens is 1. The summed E-state index contributed by atoms with van der Waals surface area (Å²) in [6, 6.07) is 10.5. The lowest BCUT2D eigenvalue weighted by molar-refractivity contribution is 0.720. The molecule has 82 valence electrons. The number of thioether (sulfide) groups is 1. The lowest BCUT2D eigenvalue weighted by atomic mass is 10.1. The first-order valence-electron chi connectivity index (χ1n) is 5.57. The number of rotatable bonds is 1. The molecular weight excluding hydrogens is 216 g/mol. The van der Waals surface area contributed by atoms with Gasteiger partial charge in [-0.05, 0) is 17.7 Å². The van der Waals surface area contributed by atoms with Gasteiger partial charge in [0, 0.05) is 23.4 Å². The van der Waals surface area contributed by atoms with Crippen molar-refractivity contribution >= 4 is 22.7 Å². The molecule has 1 N–H and O–H groups in total. The smallest absolute Gasteiger partial charge is 0.0800 e. The predicted octanol–water partition coefficient (Wildman–Crippen LogP) is 2.96. The van der Waals surface area contributed by atoms with E-state index in [-0.39, 0.29) is 0 Å². The van der Waals surface area contributed by atoms with E-state index in [1.807, 2.05) is 24.0 Å². The van der Waals surface area contributed by atoms with Crippen molar-refractivity contribution in [2.75, 3.05) is 6.54 Å². The normalized spacial score (nSPS) is 25.1. The Bertz CT molecular complexity index is 507. The molecule has 2 heterocycles. The topological polar surface area (TPSA) is 24.9 Å². The summed E-state index contributed by atoms with van der Waals surface area (Å²) in [5, 5.41) is 5.93. The highest BCUT2D eigenvalue weighted by Crippen LogP contribution is 2.37. The average molecular weight is 230 g/mol. The van der Waals surface area contributed by atoms with Crippen molar-refractivity contribution < 1.29 is 0 Å². The Morgan fingerprint density at radius 1 is 1.31 bits per heavy atom. The lowest BCUT2D eigenvalue weighted by Gasteiger charge is -2.12. The summed E-state index contributed by atoms with van der Waals surface area (Å²) in [7, 11) is 0. The van der Waals surface area contributed by atoms with Crippen LogP contribution < -0.4 is 5.32 Å². The van der Waals surface area contributed by atoms with E-state index in [2.05, 4.69) is 41.5 Å². The second-order valence-electron chi connectivity index (χ2n) is 4.15. The average Bonchev–Trinajstić information content (AvgIpc) is 2.75. The Balaban J connectivity index is 2.09. The van der Waals surface area contributed by atoms with Crippen LogP contribution in [0.4, 0.5) is 0 Å². The van der Waals surface area contributed by atoms with Crippen LogP contribution in [0.2, 0.25) is 0 Å². The second-order valence-corrected chi connectivity index (χ2v) is 5.70. The van der Waals surface area contributed by atoms with Gasteiger partial charge < -0.3 is 5.32 Å². The molecule has 1 aromatic heterocycles. The summed E-state index contributed by atoms with van der Waals surface area (Å²) in [6.45, 7) is 3.35. The zero-order valence-electron chi connectivity index (χ0n) is 9.18. The van der Waals surface area contributed by atoms with E-state index in [4.69, 9.17) is 0 Å². The highest BCUT2D eigenvalue weighted by atomic mass is 32.2. The summed E-state index contributed by atoms with van der Waals surface area (Å²) >= 11 is 1.99. The van der Waals surface area contributed by atoms with Crippen LogP contribution in [0.1, 0.15) is 17.9 Å². The predicted molar refractivity (Wildman–Crippen MR) is 69.5 cm³/mol. The zero-order valence-corrected chi connectivity index (χ0v) is 10.00. The number of pyridine rings is 1. The molecule has 0 amide bonds. The second kappa shape index (κ2) is 4.07. The number of para-hydroxylation sites is 1. The Hall–Kier alpha value is -1.06. The number of nitrogens with zero attached hydrogens (tertiary/aromatic N) is 1. The minimum Gasteiger partial charge on any atom is -0.301 e. The molecule has 1 saturated heterocycles. The molecule has 0 bridgehead atoms. The van der Waals surface area contributed by atoms with Crippen LogP contribution >= 0.6 is 11.8 Å². The van der Waals surface area contributed by atoms with E-state index in [0.717, 1.165) is 12.1 Å². The van der Waals surface area contributed by atoms with Crippen LogP contribution in [-0.4, -0.2) is 16.8 Å². The maximum Gasteiger partial charge on any atom is 0.0800 e. The molecule has 2 unspecified atom stereocenters. The molecule has 2 aromatic rings. The first kappa shape index (κ1) is 10.1. The van der Waals surface area contributed by atoms with Crippen LogP contribution in [0.3, 0.4) is 0 Å². The van der Waals surface area contributed by atoms with Gasteiger partial charge in [-0.25, -0.2) is 0 Å². The van der Waals surface area contributed by atoms with Crippen molar-refractivity contribution in [1.29, 1.82) is 0 Å². The van der Waals surface area contributed by atoms with E-state index in [9.17, 15) is 0 Å². The maximum atomic E-state index is 4.40. The molecule has 0 saturated carbocycles. The molecule has 2 nitrogen and oxygen atoms in total. The quantitative estimate of drug-likeness (QED) is 0.815. The van der Waals surface area contributed by atoms with Gasteiger partial charge in [-0.2, -0.15) is 0 Å². The third-order valence-corrected chi connectivity index (χ3v) is 4.25. The Morgan fingerprint density at radius 2 is 2.19 bits per heavy atom. The summed E-state index contributed by atoms with van der Waals surface area (Å²) < 4.78 is 0. The van der Waals surface area contributed by atoms with Gasteiger partial charge in [0.25, 0.3) is 0 Å². The highest BCUT2D eigenvalue weighted by molar-refractivity contribution is 8.00. The van der Waals surface area contributed by atoms with Gasteiger partial charge in [-0.3, -0.25) is 4.98 Å². The molecule has 3 heteroatoms. The number of fused-ring (bicyclic) bond motifs is 1. The van der Waals surface area contributed by atoms with Crippen LogP contribution in [0, 0.1) is 0 Å². The van der Waals surface area contributed by atoms with Crippen molar-refractivity contribution in [3.05, 3.63) is 42.1 Å². The fourth-order valence-corrected chi connectivity index (χ4v) is 3.33. The number of nitrogens with one attached hydrogen (secondary N) is 1. The molecule has 2 atom stereocenters. The van der Waals surface area contributed by atoms with Gasteiger partial charge in [0.1, 0.15) is 0 Å². The van der Waals surface area contributed by atoms with Gasteiger partial charge in [0.15, 0.2) is 0 Å². The number of benzene rings is 1. The fraction of sp³-hybridized carbons (Fsp3) is 0.308. The summed E-state index contributed by atoms with van der Waals surface area (Å²) in [6.07, 6.45) is 1.91. The first-order chi connectivity index (χ1) is 7.84. The lowest BCUT2D eigenvalue weighted by Crippen LogP contribution is -2.14. The van der Waals surface area contributed by atoms with Crippen molar-refractivity contribution in [1.82, 2.24) is 10.3 Å². The van der Waals surface area contributed by atoms with Gasteiger partial charge in [0.2, 0.25) is 0 Å². The zero-order chi connectivity index (χ0) is 11.0. The van der Waals surface area contributed by atoms with Crippen LogP contribution in [0.5, 0.6) is 0 Å². The fourth-order valence-electron chi connectivity index (χ4n) is 2.13. The molecule has 0 radical (unpaired) electrons. The molecular formula is C13H14N2S. The summed E-state index contributed by atoms with van der Waals surface area (Å²) in [5.41, 5.74) is 2.45. The van der Waals surface area contributed by atoms with Gasteiger partial charge >= 0.3 is 0 Å². The molecule has 1 aliphatic rings. The van der Waals surface area contributed by atoms with Crippen LogP contribution in [-0.2, 0) is 0 Å². The molecule has 16 heavy (non-hydrogen) atoms. The van der Waals surface area contributed by atoms with Crippen LogP contribution in [0.25, 0.3) is 10.9 Å². The van der Waals surface area contributed by atoms with Crippen molar-refractivity contribution in [2.24, 2.45) is 0 Å². The Kier molecular flexibility index (Phi) is 2.58. The molecule has 1 aromatic carbocycles. The van der Waals surface area contributed by atoms with E-state index >= 15 is 0 Å². The third-order valence-electron chi connectivity index (χ3n) is 2.92. The van der Waals surface area contributed by atoms with Crippen LogP contribution in [0.15, 0.2) is 36.5 Å². The number of hydrogen-bond donors (Lipinski definition) is 1. The Labute approximate surface area is 99.5 Å². The molecule has 3 rings (SSSR count). The summed E-state index contributed by atoms with van der Waals surface area (Å²) in [4.78, 5) is 4.40. The highest BCUT2D eigenvalue weighted by Gasteiger charge is 2.23. The largest absolute Gasteiger partial charge is 0.301 e.